The van der Waals surface area contributed by atoms with E-state index in [4.69, 9.17) is 0 Å². The summed E-state index contributed by atoms with van der Waals surface area (Å²) < 4.78 is 1.77. The van der Waals surface area contributed by atoms with Gasteiger partial charge < -0.3 is 5.32 Å². The zero-order valence-corrected chi connectivity index (χ0v) is 12.9. The summed E-state index contributed by atoms with van der Waals surface area (Å²) in [5, 5.41) is 16.1. The van der Waals surface area contributed by atoms with Crippen LogP contribution in [0.15, 0.2) is 65.8 Å². The van der Waals surface area contributed by atoms with Crippen LogP contribution in [0.5, 0.6) is 0 Å². The first-order chi connectivity index (χ1) is 10.9. The van der Waals surface area contributed by atoms with Crippen LogP contribution in [0.25, 0.3) is 5.69 Å². The Morgan fingerprint density at radius 3 is 2.45 bits per heavy atom. The number of tetrazole rings is 1. The zero-order valence-electron chi connectivity index (χ0n) is 12.1. The number of hydrogen-bond donors (Lipinski definition) is 1. The van der Waals surface area contributed by atoms with E-state index in [9.17, 15) is 0 Å². The molecule has 0 saturated carbocycles. The van der Waals surface area contributed by atoms with Gasteiger partial charge in [0.1, 0.15) is 0 Å². The van der Waals surface area contributed by atoms with Gasteiger partial charge in [0.15, 0.2) is 0 Å². The van der Waals surface area contributed by atoms with Crippen LogP contribution >= 0.6 is 11.8 Å². The van der Waals surface area contributed by atoms with E-state index in [1.54, 1.807) is 16.4 Å². The Bertz CT molecular complexity index is 684. The normalized spacial score (nSPS) is 10.7. The van der Waals surface area contributed by atoms with E-state index < -0.39 is 0 Å². The maximum absolute atomic E-state index is 4.09. The molecule has 0 unspecified atom stereocenters. The first kappa shape index (κ1) is 14.7. The first-order valence-corrected chi connectivity index (χ1v) is 8.13. The van der Waals surface area contributed by atoms with Crippen molar-refractivity contribution in [3.63, 3.8) is 0 Å². The molecule has 0 fully saturated rings. The van der Waals surface area contributed by atoms with Gasteiger partial charge >= 0.3 is 0 Å². The third-order valence-electron chi connectivity index (χ3n) is 3.12. The van der Waals surface area contributed by atoms with Gasteiger partial charge in [0.2, 0.25) is 5.16 Å². The molecule has 1 aromatic heterocycles. The second-order valence-corrected chi connectivity index (χ2v) is 5.78. The fourth-order valence-electron chi connectivity index (χ4n) is 2.04. The van der Waals surface area contributed by atoms with Gasteiger partial charge in [0.25, 0.3) is 0 Å². The Morgan fingerprint density at radius 1 is 0.955 bits per heavy atom. The van der Waals surface area contributed by atoms with Crippen molar-refractivity contribution in [2.45, 2.75) is 11.7 Å². The maximum Gasteiger partial charge on any atom is 0.214 e. The van der Waals surface area contributed by atoms with Gasteiger partial charge in [-0.25, -0.2) is 0 Å². The summed E-state index contributed by atoms with van der Waals surface area (Å²) in [5.41, 5.74) is 2.27. The number of aromatic nitrogens is 4. The summed E-state index contributed by atoms with van der Waals surface area (Å²) in [4.78, 5) is 0. The fraction of sp³-hybridized carbons (Fsp3) is 0.188. The Hall–Kier alpha value is -2.18. The van der Waals surface area contributed by atoms with Gasteiger partial charge in [-0.15, -0.1) is 5.10 Å². The number of para-hydroxylation sites is 1. The minimum Gasteiger partial charge on any atom is -0.312 e. The summed E-state index contributed by atoms with van der Waals surface area (Å²) in [5.74, 6) is 0.917. The van der Waals surface area contributed by atoms with Crippen molar-refractivity contribution in [3.05, 3.63) is 66.2 Å². The fourth-order valence-corrected chi connectivity index (χ4v) is 2.83. The molecule has 0 amide bonds. The van der Waals surface area contributed by atoms with E-state index in [-0.39, 0.29) is 0 Å². The topological polar surface area (TPSA) is 55.6 Å². The van der Waals surface area contributed by atoms with Gasteiger partial charge in [0, 0.05) is 18.8 Å². The van der Waals surface area contributed by atoms with E-state index in [0.717, 1.165) is 29.7 Å². The molecular weight excluding hydrogens is 294 g/mol. The van der Waals surface area contributed by atoms with Crippen LogP contribution in [0, 0.1) is 0 Å². The molecule has 0 atom stereocenters. The number of hydrogen-bond acceptors (Lipinski definition) is 5. The maximum atomic E-state index is 4.09. The molecule has 2 aromatic carbocycles. The van der Waals surface area contributed by atoms with Crippen LogP contribution in [0.1, 0.15) is 5.56 Å². The average Bonchev–Trinajstić information content (AvgIpc) is 3.05. The van der Waals surface area contributed by atoms with E-state index in [2.05, 4.69) is 45.1 Å². The molecule has 0 bridgehead atoms. The standard InChI is InChI=1S/C16H17N5S/c1-3-7-14(8-4-1)13-17-11-12-22-16-18-19-20-21(16)15-9-5-2-6-10-15/h1-10,17H,11-13H2. The molecule has 0 aliphatic carbocycles. The molecular formula is C16H17N5S. The van der Waals surface area contributed by atoms with Crippen molar-refractivity contribution >= 4 is 11.8 Å². The molecule has 0 radical (unpaired) electrons. The van der Waals surface area contributed by atoms with Gasteiger partial charge in [-0.2, -0.15) is 4.68 Å². The third kappa shape index (κ3) is 3.93. The highest BCUT2D eigenvalue weighted by Gasteiger charge is 2.07. The number of benzene rings is 2. The lowest BCUT2D eigenvalue weighted by molar-refractivity contribution is 0.728. The SMILES string of the molecule is c1ccc(CNCCSc2nnnn2-c2ccccc2)cc1. The largest absolute Gasteiger partial charge is 0.312 e. The molecule has 0 spiro atoms. The van der Waals surface area contributed by atoms with Crippen LogP contribution in [-0.2, 0) is 6.54 Å². The quantitative estimate of drug-likeness (QED) is 0.537. The summed E-state index contributed by atoms with van der Waals surface area (Å²) in [7, 11) is 0. The van der Waals surface area contributed by atoms with Crippen LogP contribution in [0.2, 0.25) is 0 Å². The second kappa shape index (κ2) is 7.72. The molecule has 5 nitrogen and oxygen atoms in total. The van der Waals surface area contributed by atoms with Crippen LogP contribution in [0.4, 0.5) is 0 Å². The summed E-state index contributed by atoms with van der Waals surface area (Å²) in [6.45, 7) is 1.78. The zero-order chi connectivity index (χ0) is 15.0. The lowest BCUT2D eigenvalue weighted by Crippen LogP contribution is -2.16. The van der Waals surface area contributed by atoms with Crippen molar-refractivity contribution in [1.82, 2.24) is 25.5 Å². The smallest absolute Gasteiger partial charge is 0.214 e. The first-order valence-electron chi connectivity index (χ1n) is 7.15. The van der Waals surface area contributed by atoms with Crippen molar-refractivity contribution in [2.75, 3.05) is 12.3 Å². The minimum atomic E-state index is 0.813. The molecule has 0 aliphatic heterocycles. The van der Waals surface area contributed by atoms with Gasteiger partial charge in [-0.05, 0) is 28.1 Å². The molecule has 3 rings (SSSR count). The van der Waals surface area contributed by atoms with Crippen molar-refractivity contribution in [1.29, 1.82) is 0 Å². The van der Waals surface area contributed by atoms with Crippen molar-refractivity contribution < 1.29 is 0 Å². The lowest BCUT2D eigenvalue weighted by Gasteiger charge is -2.05. The van der Waals surface area contributed by atoms with Crippen LogP contribution in [0.3, 0.4) is 0 Å². The minimum absolute atomic E-state index is 0.813. The van der Waals surface area contributed by atoms with Gasteiger partial charge in [-0.1, -0.05) is 60.3 Å². The molecule has 1 N–H and O–H groups in total. The predicted octanol–water partition coefficient (Wildman–Crippen LogP) is 2.54. The Balaban J connectivity index is 1.48. The van der Waals surface area contributed by atoms with Gasteiger partial charge in [-0.3, -0.25) is 0 Å². The average molecular weight is 311 g/mol. The molecule has 0 aliphatic rings. The highest BCUT2D eigenvalue weighted by atomic mass is 32.2. The summed E-state index contributed by atoms with van der Waals surface area (Å²) >= 11 is 1.65. The monoisotopic (exact) mass is 311 g/mol. The van der Waals surface area contributed by atoms with E-state index in [1.807, 2.05) is 36.4 Å². The van der Waals surface area contributed by atoms with E-state index in [0.29, 0.717) is 0 Å². The van der Waals surface area contributed by atoms with E-state index in [1.165, 1.54) is 5.56 Å². The summed E-state index contributed by atoms with van der Waals surface area (Å²) in [6, 6.07) is 20.3. The molecule has 6 heteroatoms. The Morgan fingerprint density at radius 2 is 1.68 bits per heavy atom. The lowest BCUT2D eigenvalue weighted by atomic mass is 10.2. The number of thioether (sulfide) groups is 1. The molecule has 112 valence electrons. The Labute approximate surface area is 133 Å². The number of nitrogens with one attached hydrogen (secondary N) is 1. The molecule has 22 heavy (non-hydrogen) atoms. The molecule has 3 aromatic rings. The van der Waals surface area contributed by atoms with Crippen LogP contribution in [-0.4, -0.2) is 32.5 Å². The van der Waals surface area contributed by atoms with Crippen molar-refractivity contribution in [3.8, 4) is 5.69 Å². The van der Waals surface area contributed by atoms with E-state index >= 15 is 0 Å². The van der Waals surface area contributed by atoms with Crippen molar-refractivity contribution in [2.24, 2.45) is 0 Å². The molecule has 1 heterocycles. The highest BCUT2D eigenvalue weighted by Crippen LogP contribution is 2.17. The second-order valence-electron chi connectivity index (χ2n) is 4.72. The van der Waals surface area contributed by atoms with Crippen LogP contribution < -0.4 is 5.32 Å². The van der Waals surface area contributed by atoms with Gasteiger partial charge in [0.05, 0.1) is 5.69 Å². The number of nitrogens with zero attached hydrogens (tertiary/aromatic N) is 4. The summed E-state index contributed by atoms with van der Waals surface area (Å²) in [6.07, 6.45) is 0. The third-order valence-corrected chi connectivity index (χ3v) is 4.04. The Kier molecular flexibility index (Phi) is 5.18. The highest BCUT2D eigenvalue weighted by molar-refractivity contribution is 7.99. The molecule has 0 saturated heterocycles. The number of rotatable bonds is 7. The predicted molar refractivity (Wildman–Crippen MR) is 88.0 cm³/mol.